The van der Waals surface area contributed by atoms with Crippen molar-refractivity contribution in [2.24, 2.45) is 10.9 Å². The summed E-state index contributed by atoms with van der Waals surface area (Å²) in [6.07, 6.45) is 1.39. The molecule has 0 bridgehead atoms. The van der Waals surface area contributed by atoms with Gasteiger partial charge in [0.05, 0.1) is 10.9 Å². The normalized spacial score (nSPS) is 11.4. The standard InChI is InChI=1S/C13H13ClN4O2S/c1-18(7-9-3-5-11(14)21-9)13(19)10-4-2-8(6-16-10)12(15)17-20/h2-6,20H,7H2,1H3,(H2,15,17). The number of nitrogens with two attached hydrogens (primary N) is 1. The lowest BCUT2D eigenvalue weighted by Gasteiger charge is -2.15. The highest BCUT2D eigenvalue weighted by molar-refractivity contribution is 7.16. The SMILES string of the molecule is CN(Cc1ccc(Cl)s1)C(=O)c1ccc(C(N)=NO)cn1. The fourth-order valence-electron chi connectivity index (χ4n) is 1.67. The summed E-state index contributed by atoms with van der Waals surface area (Å²) in [7, 11) is 1.69. The van der Waals surface area contributed by atoms with Crippen LogP contribution in [0.1, 0.15) is 20.9 Å². The Hall–Kier alpha value is -2.12. The van der Waals surface area contributed by atoms with Crippen LogP contribution in [-0.2, 0) is 6.54 Å². The lowest BCUT2D eigenvalue weighted by molar-refractivity contribution is 0.0780. The number of nitrogens with zero attached hydrogens (tertiary/aromatic N) is 3. The smallest absolute Gasteiger partial charge is 0.272 e. The van der Waals surface area contributed by atoms with E-state index in [2.05, 4.69) is 10.1 Å². The van der Waals surface area contributed by atoms with E-state index < -0.39 is 0 Å². The van der Waals surface area contributed by atoms with Crippen LogP contribution >= 0.6 is 22.9 Å². The van der Waals surface area contributed by atoms with E-state index >= 15 is 0 Å². The number of hydrogen-bond donors (Lipinski definition) is 2. The minimum atomic E-state index is -0.217. The number of pyridine rings is 1. The summed E-state index contributed by atoms with van der Waals surface area (Å²) in [6, 6.07) is 6.79. The summed E-state index contributed by atoms with van der Waals surface area (Å²) < 4.78 is 0.687. The van der Waals surface area contributed by atoms with Crippen LogP contribution in [-0.4, -0.2) is 33.9 Å². The number of aromatic nitrogens is 1. The number of amides is 1. The van der Waals surface area contributed by atoms with Gasteiger partial charge in [0.15, 0.2) is 5.84 Å². The van der Waals surface area contributed by atoms with Gasteiger partial charge in [-0.3, -0.25) is 9.78 Å². The molecule has 2 rings (SSSR count). The molecule has 0 fully saturated rings. The van der Waals surface area contributed by atoms with E-state index in [9.17, 15) is 4.79 Å². The van der Waals surface area contributed by atoms with Crippen LogP contribution < -0.4 is 5.73 Å². The van der Waals surface area contributed by atoms with Crippen molar-refractivity contribution < 1.29 is 10.0 Å². The Morgan fingerprint density at radius 3 is 2.76 bits per heavy atom. The van der Waals surface area contributed by atoms with E-state index in [1.54, 1.807) is 24.1 Å². The average Bonchev–Trinajstić information content (AvgIpc) is 2.90. The van der Waals surface area contributed by atoms with E-state index in [-0.39, 0.29) is 17.4 Å². The van der Waals surface area contributed by atoms with Crippen LogP contribution in [0, 0.1) is 0 Å². The predicted octanol–water partition coefficient (Wildman–Crippen LogP) is 2.16. The first-order valence-electron chi connectivity index (χ1n) is 5.95. The number of amidine groups is 1. The van der Waals surface area contributed by atoms with E-state index in [0.29, 0.717) is 16.4 Å². The van der Waals surface area contributed by atoms with E-state index in [1.807, 2.05) is 6.07 Å². The summed E-state index contributed by atoms with van der Waals surface area (Å²) >= 11 is 7.29. The first-order chi connectivity index (χ1) is 10.0. The second kappa shape index (κ2) is 6.55. The maximum absolute atomic E-state index is 12.2. The number of carbonyl (C=O) groups is 1. The molecule has 0 aromatic carbocycles. The van der Waals surface area contributed by atoms with Crippen LogP contribution in [0.15, 0.2) is 35.6 Å². The molecule has 2 aromatic rings. The van der Waals surface area contributed by atoms with Crippen LogP contribution in [0.4, 0.5) is 0 Å². The number of carbonyl (C=O) groups excluding carboxylic acids is 1. The minimum absolute atomic E-state index is 0.0527. The number of oxime groups is 1. The van der Waals surface area contributed by atoms with Gasteiger partial charge in [-0.15, -0.1) is 11.3 Å². The van der Waals surface area contributed by atoms with Crippen LogP contribution in [0.2, 0.25) is 4.34 Å². The lowest BCUT2D eigenvalue weighted by Crippen LogP contribution is -2.26. The van der Waals surface area contributed by atoms with Gasteiger partial charge < -0.3 is 15.8 Å². The van der Waals surface area contributed by atoms with Crippen molar-refractivity contribution in [1.82, 2.24) is 9.88 Å². The molecule has 21 heavy (non-hydrogen) atoms. The second-order valence-electron chi connectivity index (χ2n) is 4.28. The van der Waals surface area contributed by atoms with Gasteiger partial charge in [-0.25, -0.2) is 0 Å². The molecule has 0 saturated carbocycles. The quantitative estimate of drug-likeness (QED) is 0.390. The number of halogens is 1. The van der Waals surface area contributed by atoms with Crippen molar-refractivity contribution in [3.8, 4) is 0 Å². The third-order valence-corrected chi connectivity index (χ3v) is 3.97. The molecule has 2 heterocycles. The van der Waals surface area contributed by atoms with Crippen molar-refractivity contribution >= 4 is 34.7 Å². The molecule has 0 aliphatic heterocycles. The summed E-state index contributed by atoms with van der Waals surface area (Å²) in [6.45, 7) is 0.458. The van der Waals surface area contributed by atoms with Gasteiger partial charge >= 0.3 is 0 Å². The van der Waals surface area contributed by atoms with Crippen molar-refractivity contribution in [3.05, 3.63) is 50.9 Å². The molecule has 0 radical (unpaired) electrons. The van der Waals surface area contributed by atoms with Crippen molar-refractivity contribution in [2.75, 3.05) is 7.05 Å². The highest BCUT2D eigenvalue weighted by atomic mass is 35.5. The number of rotatable bonds is 4. The molecule has 0 unspecified atom stereocenters. The van der Waals surface area contributed by atoms with Gasteiger partial charge in [-0.1, -0.05) is 16.8 Å². The van der Waals surface area contributed by atoms with Crippen molar-refractivity contribution in [1.29, 1.82) is 0 Å². The van der Waals surface area contributed by atoms with Gasteiger partial charge in [0.1, 0.15) is 5.69 Å². The highest BCUT2D eigenvalue weighted by Gasteiger charge is 2.14. The molecular formula is C13H13ClN4O2S. The number of hydrogen-bond acceptors (Lipinski definition) is 5. The zero-order valence-electron chi connectivity index (χ0n) is 11.2. The summed E-state index contributed by atoms with van der Waals surface area (Å²) in [5, 5.41) is 11.4. The Morgan fingerprint density at radius 2 is 2.24 bits per heavy atom. The summed E-state index contributed by atoms with van der Waals surface area (Å²) in [5.41, 5.74) is 6.17. The Labute approximate surface area is 130 Å². The van der Waals surface area contributed by atoms with Gasteiger partial charge in [-0.2, -0.15) is 0 Å². The zero-order chi connectivity index (χ0) is 15.4. The molecule has 0 saturated heterocycles. The Bertz CT molecular complexity index is 669. The molecule has 2 aromatic heterocycles. The maximum Gasteiger partial charge on any atom is 0.272 e. The van der Waals surface area contributed by atoms with Crippen molar-refractivity contribution in [3.63, 3.8) is 0 Å². The van der Waals surface area contributed by atoms with Crippen LogP contribution in [0.3, 0.4) is 0 Å². The molecule has 1 amide bonds. The third-order valence-electron chi connectivity index (χ3n) is 2.75. The third kappa shape index (κ3) is 3.71. The summed E-state index contributed by atoms with van der Waals surface area (Å²) in [5.74, 6) is -0.270. The lowest BCUT2D eigenvalue weighted by atomic mass is 10.2. The molecule has 0 aliphatic carbocycles. The molecule has 0 atom stereocenters. The Kier molecular flexibility index (Phi) is 4.77. The largest absolute Gasteiger partial charge is 0.409 e. The maximum atomic E-state index is 12.2. The van der Waals surface area contributed by atoms with Gasteiger partial charge in [0, 0.05) is 23.7 Å². The molecule has 0 aliphatic rings. The van der Waals surface area contributed by atoms with E-state index in [4.69, 9.17) is 22.5 Å². The fraction of sp³-hybridized carbons (Fsp3) is 0.154. The molecule has 8 heteroatoms. The van der Waals surface area contributed by atoms with Gasteiger partial charge in [0.25, 0.3) is 5.91 Å². The molecule has 3 N–H and O–H groups in total. The Morgan fingerprint density at radius 1 is 1.48 bits per heavy atom. The Balaban J connectivity index is 2.08. The van der Waals surface area contributed by atoms with Crippen LogP contribution in [0.5, 0.6) is 0 Å². The molecule has 6 nitrogen and oxygen atoms in total. The zero-order valence-corrected chi connectivity index (χ0v) is 12.7. The van der Waals surface area contributed by atoms with Crippen molar-refractivity contribution in [2.45, 2.75) is 6.54 Å². The average molecular weight is 325 g/mol. The molecule has 0 spiro atoms. The van der Waals surface area contributed by atoms with E-state index in [1.165, 1.54) is 23.6 Å². The number of thiophene rings is 1. The van der Waals surface area contributed by atoms with E-state index in [0.717, 1.165) is 4.88 Å². The highest BCUT2D eigenvalue weighted by Crippen LogP contribution is 2.22. The second-order valence-corrected chi connectivity index (χ2v) is 6.08. The van der Waals surface area contributed by atoms with Crippen LogP contribution in [0.25, 0.3) is 0 Å². The fourth-order valence-corrected chi connectivity index (χ4v) is 2.81. The molecular weight excluding hydrogens is 312 g/mol. The topological polar surface area (TPSA) is 91.8 Å². The van der Waals surface area contributed by atoms with Gasteiger partial charge in [-0.05, 0) is 24.3 Å². The van der Waals surface area contributed by atoms with Gasteiger partial charge in [0.2, 0.25) is 0 Å². The first-order valence-corrected chi connectivity index (χ1v) is 7.14. The minimum Gasteiger partial charge on any atom is -0.409 e. The molecule has 110 valence electrons. The monoisotopic (exact) mass is 324 g/mol. The summed E-state index contributed by atoms with van der Waals surface area (Å²) in [4.78, 5) is 18.8. The first kappa shape index (κ1) is 15.3. The predicted molar refractivity (Wildman–Crippen MR) is 81.9 cm³/mol.